The Balaban J connectivity index is 1.65. The van der Waals surface area contributed by atoms with Gasteiger partial charge in [-0.1, -0.05) is 19.3 Å². The van der Waals surface area contributed by atoms with Gasteiger partial charge in [-0.25, -0.2) is 9.97 Å². The quantitative estimate of drug-likeness (QED) is 0.743. The molecule has 0 radical (unpaired) electrons. The molecule has 7 heteroatoms. The summed E-state index contributed by atoms with van der Waals surface area (Å²) in [6.07, 6.45) is 7.89. The van der Waals surface area contributed by atoms with Crippen LogP contribution in [0.1, 0.15) is 32.1 Å². The smallest absolute Gasteiger partial charge is 0.157 e. The van der Waals surface area contributed by atoms with E-state index in [4.69, 9.17) is 10.8 Å². The Labute approximate surface area is 137 Å². The molecule has 3 rings (SSSR count). The lowest BCUT2D eigenvalue weighted by Crippen LogP contribution is -2.47. The molecular formula is C16H28N6O. The molecule has 2 aliphatic rings. The Morgan fingerprint density at radius 3 is 2.57 bits per heavy atom. The van der Waals surface area contributed by atoms with Crippen molar-refractivity contribution in [3.63, 3.8) is 0 Å². The van der Waals surface area contributed by atoms with Crippen LogP contribution in [0.25, 0.3) is 0 Å². The minimum absolute atomic E-state index is 0.213. The molecule has 7 nitrogen and oxygen atoms in total. The van der Waals surface area contributed by atoms with Crippen molar-refractivity contribution < 1.29 is 5.11 Å². The highest BCUT2D eigenvalue weighted by Gasteiger charge is 2.22. The summed E-state index contributed by atoms with van der Waals surface area (Å²) in [5.74, 6) is 1.61. The van der Waals surface area contributed by atoms with E-state index in [0.29, 0.717) is 11.7 Å². The van der Waals surface area contributed by atoms with Crippen LogP contribution >= 0.6 is 0 Å². The third-order valence-electron chi connectivity index (χ3n) is 4.90. The van der Waals surface area contributed by atoms with Gasteiger partial charge in [0.2, 0.25) is 0 Å². The first-order chi connectivity index (χ1) is 11.3. The van der Waals surface area contributed by atoms with E-state index >= 15 is 0 Å². The second kappa shape index (κ2) is 7.79. The summed E-state index contributed by atoms with van der Waals surface area (Å²) >= 11 is 0. The normalized spacial score (nSPS) is 20.7. The summed E-state index contributed by atoms with van der Waals surface area (Å²) in [6.45, 7) is 4.56. The molecule has 2 fully saturated rings. The van der Waals surface area contributed by atoms with E-state index in [9.17, 15) is 0 Å². The molecule has 1 aliphatic heterocycles. The summed E-state index contributed by atoms with van der Waals surface area (Å²) in [7, 11) is 0. The number of aliphatic hydroxyl groups is 1. The van der Waals surface area contributed by atoms with E-state index < -0.39 is 0 Å². The SMILES string of the molecule is Nc1c(NC2CCCCC2)ncnc1N1CCN(CCO)CC1. The Kier molecular flexibility index (Phi) is 5.51. The molecular weight excluding hydrogens is 292 g/mol. The van der Waals surface area contributed by atoms with E-state index in [1.165, 1.54) is 32.1 Å². The van der Waals surface area contributed by atoms with Crippen molar-refractivity contribution in [2.24, 2.45) is 0 Å². The maximum atomic E-state index is 9.03. The zero-order chi connectivity index (χ0) is 16.1. The standard InChI is InChI=1S/C16H28N6O/c17-14-15(20-13-4-2-1-3-5-13)18-12-19-16(14)22-8-6-21(7-9-22)10-11-23/h12-13,23H,1-11,17H2,(H,18,19,20). The van der Waals surface area contributed by atoms with Gasteiger partial charge in [-0.2, -0.15) is 0 Å². The van der Waals surface area contributed by atoms with Gasteiger partial charge in [-0.15, -0.1) is 0 Å². The number of β-amino-alcohol motifs (C(OH)–C–C–N with tert-alkyl or cyclic N) is 1. The summed E-state index contributed by atoms with van der Waals surface area (Å²) in [4.78, 5) is 13.2. The Morgan fingerprint density at radius 1 is 1.13 bits per heavy atom. The zero-order valence-corrected chi connectivity index (χ0v) is 13.7. The van der Waals surface area contributed by atoms with Crippen molar-refractivity contribution >= 4 is 17.3 Å². The molecule has 0 bridgehead atoms. The van der Waals surface area contributed by atoms with E-state index in [2.05, 4.69) is 25.1 Å². The molecule has 1 saturated heterocycles. The average molecular weight is 320 g/mol. The van der Waals surface area contributed by atoms with Gasteiger partial charge in [0.1, 0.15) is 12.0 Å². The molecule has 128 valence electrons. The van der Waals surface area contributed by atoms with Gasteiger partial charge in [-0.3, -0.25) is 4.90 Å². The number of aliphatic hydroxyl groups excluding tert-OH is 1. The van der Waals surface area contributed by atoms with E-state index in [1.54, 1.807) is 6.33 Å². The molecule has 1 aromatic rings. The van der Waals surface area contributed by atoms with Crippen molar-refractivity contribution in [1.29, 1.82) is 0 Å². The van der Waals surface area contributed by atoms with Crippen molar-refractivity contribution in [3.05, 3.63) is 6.33 Å². The van der Waals surface area contributed by atoms with Gasteiger partial charge in [0, 0.05) is 38.8 Å². The number of aromatic nitrogens is 2. The lowest BCUT2D eigenvalue weighted by Gasteiger charge is -2.35. The summed E-state index contributed by atoms with van der Waals surface area (Å²) in [5, 5.41) is 12.5. The van der Waals surface area contributed by atoms with Crippen molar-refractivity contribution in [2.75, 3.05) is 55.3 Å². The molecule has 0 unspecified atom stereocenters. The number of nitrogens with two attached hydrogens (primary N) is 1. The molecule has 0 atom stereocenters. The van der Waals surface area contributed by atoms with E-state index in [1.807, 2.05) is 0 Å². The minimum atomic E-state index is 0.213. The minimum Gasteiger partial charge on any atom is -0.395 e. The van der Waals surface area contributed by atoms with Crippen molar-refractivity contribution in [1.82, 2.24) is 14.9 Å². The highest BCUT2D eigenvalue weighted by Crippen LogP contribution is 2.29. The largest absolute Gasteiger partial charge is 0.395 e. The molecule has 1 aliphatic carbocycles. The number of nitrogens with zero attached hydrogens (tertiary/aromatic N) is 4. The maximum absolute atomic E-state index is 9.03. The fourth-order valence-electron chi connectivity index (χ4n) is 3.52. The van der Waals surface area contributed by atoms with E-state index in [0.717, 1.165) is 44.4 Å². The van der Waals surface area contributed by atoms with Gasteiger partial charge in [0.05, 0.1) is 6.61 Å². The first-order valence-electron chi connectivity index (χ1n) is 8.73. The number of anilines is 3. The lowest BCUT2D eigenvalue weighted by molar-refractivity contribution is 0.188. The number of hydrogen-bond acceptors (Lipinski definition) is 7. The van der Waals surface area contributed by atoms with Crippen molar-refractivity contribution in [3.8, 4) is 0 Å². The monoisotopic (exact) mass is 320 g/mol. The van der Waals surface area contributed by atoms with Crippen LogP contribution in [0.2, 0.25) is 0 Å². The Hall–Kier alpha value is -1.60. The molecule has 0 aromatic carbocycles. The van der Waals surface area contributed by atoms with Crippen molar-refractivity contribution in [2.45, 2.75) is 38.1 Å². The van der Waals surface area contributed by atoms with Gasteiger partial charge in [0.15, 0.2) is 11.6 Å². The molecule has 0 amide bonds. The zero-order valence-electron chi connectivity index (χ0n) is 13.7. The van der Waals surface area contributed by atoms with Gasteiger partial charge in [0.25, 0.3) is 0 Å². The van der Waals surface area contributed by atoms with Crippen LogP contribution in [0.15, 0.2) is 6.33 Å². The van der Waals surface area contributed by atoms with Crippen LogP contribution in [-0.4, -0.2) is 65.3 Å². The summed E-state index contributed by atoms with van der Waals surface area (Å²) in [6, 6.07) is 0.482. The molecule has 1 saturated carbocycles. The first-order valence-corrected chi connectivity index (χ1v) is 8.73. The van der Waals surface area contributed by atoms with Crippen LogP contribution < -0.4 is 16.0 Å². The fourth-order valence-corrected chi connectivity index (χ4v) is 3.52. The predicted octanol–water partition coefficient (Wildman–Crippen LogP) is 0.918. The average Bonchev–Trinajstić information content (AvgIpc) is 2.59. The second-order valence-corrected chi connectivity index (χ2v) is 6.49. The van der Waals surface area contributed by atoms with Gasteiger partial charge >= 0.3 is 0 Å². The number of nitrogens with one attached hydrogen (secondary N) is 1. The van der Waals surface area contributed by atoms with Crippen LogP contribution in [0.4, 0.5) is 17.3 Å². The number of hydrogen-bond donors (Lipinski definition) is 3. The molecule has 2 heterocycles. The van der Waals surface area contributed by atoms with E-state index in [-0.39, 0.29) is 6.61 Å². The molecule has 4 N–H and O–H groups in total. The number of rotatable bonds is 5. The molecule has 1 aromatic heterocycles. The summed E-state index contributed by atoms with van der Waals surface area (Å²) < 4.78 is 0. The maximum Gasteiger partial charge on any atom is 0.157 e. The lowest BCUT2D eigenvalue weighted by atomic mass is 9.95. The topological polar surface area (TPSA) is 90.5 Å². The third-order valence-corrected chi connectivity index (χ3v) is 4.90. The third kappa shape index (κ3) is 4.03. The molecule has 23 heavy (non-hydrogen) atoms. The van der Waals surface area contributed by atoms with Crippen LogP contribution in [0, 0.1) is 0 Å². The number of nitrogen functional groups attached to an aromatic ring is 1. The van der Waals surface area contributed by atoms with Gasteiger partial charge < -0.3 is 21.1 Å². The number of piperazine rings is 1. The highest BCUT2D eigenvalue weighted by molar-refractivity contribution is 5.75. The Bertz CT molecular complexity index is 497. The fraction of sp³-hybridized carbons (Fsp3) is 0.750. The van der Waals surface area contributed by atoms with Crippen LogP contribution in [0.3, 0.4) is 0 Å². The first kappa shape index (κ1) is 16.3. The predicted molar refractivity (Wildman–Crippen MR) is 92.7 cm³/mol. The van der Waals surface area contributed by atoms with Crippen LogP contribution in [0.5, 0.6) is 0 Å². The van der Waals surface area contributed by atoms with Crippen LogP contribution in [-0.2, 0) is 0 Å². The molecule has 0 spiro atoms. The highest BCUT2D eigenvalue weighted by atomic mass is 16.3. The Morgan fingerprint density at radius 2 is 1.87 bits per heavy atom. The van der Waals surface area contributed by atoms with Gasteiger partial charge in [-0.05, 0) is 12.8 Å². The summed E-state index contributed by atoms with van der Waals surface area (Å²) in [5.41, 5.74) is 7.00. The second-order valence-electron chi connectivity index (χ2n) is 6.49.